The molecule has 0 saturated heterocycles. The lowest BCUT2D eigenvalue weighted by molar-refractivity contribution is -0.115. The van der Waals surface area contributed by atoms with Gasteiger partial charge in [0.1, 0.15) is 10.6 Å². The molecule has 0 bridgehead atoms. The lowest BCUT2D eigenvalue weighted by Crippen LogP contribution is -2.16. The number of methoxy groups -OCH3 is 2. The zero-order valence-electron chi connectivity index (χ0n) is 18.0. The maximum absolute atomic E-state index is 12.7. The highest BCUT2D eigenvalue weighted by Crippen LogP contribution is 2.36. The number of carbonyl (C=O) groups excluding carboxylic acids is 2. The molecule has 1 amide bonds. The van der Waals surface area contributed by atoms with Gasteiger partial charge in [-0.3, -0.25) is 4.79 Å². The number of carbonyl (C=O) groups is 2. The standard InChI is InChI=1S/C24H25NO5S/c1-5-30-24(27)22-18(17-9-6-15(2)7-10-17)14-31-23(22)25-21(26)13-16-8-11-19(28-3)20(12-16)29-4/h6-12,14H,5,13H2,1-4H3,(H,25,26). The Kier molecular flexibility index (Phi) is 7.31. The fraction of sp³-hybridized carbons (Fsp3) is 0.250. The Balaban J connectivity index is 1.86. The van der Waals surface area contributed by atoms with E-state index in [1.54, 1.807) is 39.3 Å². The molecule has 0 aliphatic heterocycles. The van der Waals surface area contributed by atoms with Gasteiger partial charge in [-0.2, -0.15) is 0 Å². The Morgan fingerprint density at radius 3 is 2.35 bits per heavy atom. The summed E-state index contributed by atoms with van der Waals surface area (Å²) in [7, 11) is 3.11. The molecule has 3 rings (SSSR count). The molecule has 2 aromatic carbocycles. The van der Waals surface area contributed by atoms with Crippen molar-refractivity contribution in [2.45, 2.75) is 20.3 Å². The van der Waals surface area contributed by atoms with E-state index in [1.165, 1.54) is 11.3 Å². The number of aryl methyl sites for hydroxylation is 1. The molecule has 1 N–H and O–H groups in total. The summed E-state index contributed by atoms with van der Waals surface area (Å²) in [4.78, 5) is 25.4. The lowest BCUT2D eigenvalue weighted by Gasteiger charge is -2.11. The fourth-order valence-corrected chi connectivity index (χ4v) is 4.12. The molecule has 31 heavy (non-hydrogen) atoms. The maximum atomic E-state index is 12.7. The smallest absolute Gasteiger partial charge is 0.341 e. The number of nitrogens with one attached hydrogen (secondary N) is 1. The Labute approximate surface area is 185 Å². The summed E-state index contributed by atoms with van der Waals surface area (Å²) < 4.78 is 15.8. The molecule has 162 valence electrons. The van der Waals surface area contributed by atoms with Crippen molar-refractivity contribution in [1.82, 2.24) is 0 Å². The number of benzene rings is 2. The van der Waals surface area contributed by atoms with Crippen molar-refractivity contribution in [2.24, 2.45) is 0 Å². The van der Waals surface area contributed by atoms with Gasteiger partial charge in [0.25, 0.3) is 0 Å². The predicted octanol–water partition coefficient (Wildman–Crippen LogP) is 5.10. The fourth-order valence-electron chi connectivity index (χ4n) is 3.15. The van der Waals surface area contributed by atoms with Gasteiger partial charge < -0.3 is 19.5 Å². The SMILES string of the molecule is CCOC(=O)c1c(-c2ccc(C)cc2)csc1NC(=O)Cc1ccc(OC)c(OC)c1. The molecule has 0 saturated carbocycles. The van der Waals surface area contributed by atoms with Crippen molar-refractivity contribution >= 4 is 28.2 Å². The molecule has 0 fully saturated rings. The second kappa shape index (κ2) is 10.1. The summed E-state index contributed by atoms with van der Waals surface area (Å²) in [5.74, 6) is 0.450. The summed E-state index contributed by atoms with van der Waals surface area (Å²) in [6.07, 6.45) is 0.125. The van der Waals surface area contributed by atoms with Crippen LogP contribution in [0.2, 0.25) is 0 Å². The molecule has 1 aromatic heterocycles. The number of esters is 1. The zero-order chi connectivity index (χ0) is 22.4. The van der Waals surface area contributed by atoms with Crippen molar-refractivity contribution in [2.75, 3.05) is 26.1 Å². The van der Waals surface area contributed by atoms with Crippen LogP contribution < -0.4 is 14.8 Å². The van der Waals surface area contributed by atoms with Crippen LogP contribution in [0.15, 0.2) is 47.8 Å². The van der Waals surface area contributed by atoms with E-state index in [1.807, 2.05) is 36.6 Å². The second-order valence-electron chi connectivity index (χ2n) is 6.85. The van der Waals surface area contributed by atoms with Gasteiger partial charge in [-0.25, -0.2) is 4.79 Å². The normalized spacial score (nSPS) is 10.5. The van der Waals surface area contributed by atoms with E-state index in [0.717, 1.165) is 22.3 Å². The first-order valence-electron chi connectivity index (χ1n) is 9.83. The number of rotatable bonds is 8. The number of hydrogen-bond donors (Lipinski definition) is 1. The highest BCUT2D eigenvalue weighted by molar-refractivity contribution is 7.15. The molecule has 7 heteroatoms. The van der Waals surface area contributed by atoms with Crippen LogP contribution in [0.5, 0.6) is 11.5 Å². The van der Waals surface area contributed by atoms with Gasteiger partial charge in [0, 0.05) is 10.9 Å². The Hall–Kier alpha value is -3.32. The Morgan fingerprint density at radius 2 is 1.71 bits per heavy atom. The summed E-state index contributed by atoms with van der Waals surface area (Å²) in [5.41, 5.74) is 3.90. The molecule has 0 spiro atoms. The summed E-state index contributed by atoms with van der Waals surface area (Å²) >= 11 is 1.30. The molecule has 0 aliphatic carbocycles. The van der Waals surface area contributed by atoms with Gasteiger partial charge in [0.15, 0.2) is 11.5 Å². The molecule has 3 aromatic rings. The van der Waals surface area contributed by atoms with Crippen molar-refractivity contribution in [1.29, 1.82) is 0 Å². The Bertz CT molecular complexity index is 1070. The van der Waals surface area contributed by atoms with Crippen LogP contribution in [0.25, 0.3) is 11.1 Å². The Morgan fingerprint density at radius 1 is 1.00 bits per heavy atom. The predicted molar refractivity (Wildman–Crippen MR) is 122 cm³/mol. The minimum atomic E-state index is -0.458. The average Bonchev–Trinajstić information content (AvgIpc) is 3.17. The first-order valence-corrected chi connectivity index (χ1v) is 10.7. The van der Waals surface area contributed by atoms with Crippen molar-refractivity contribution < 1.29 is 23.8 Å². The second-order valence-corrected chi connectivity index (χ2v) is 7.73. The first-order chi connectivity index (χ1) is 15.0. The summed E-state index contributed by atoms with van der Waals surface area (Å²) in [6.45, 7) is 4.01. The monoisotopic (exact) mass is 439 g/mol. The van der Waals surface area contributed by atoms with E-state index in [4.69, 9.17) is 14.2 Å². The summed E-state index contributed by atoms with van der Waals surface area (Å²) in [6, 6.07) is 13.2. The van der Waals surface area contributed by atoms with Crippen LogP contribution in [0, 0.1) is 6.92 Å². The van der Waals surface area contributed by atoms with Crippen LogP contribution in [-0.4, -0.2) is 32.7 Å². The topological polar surface area (TPSA) is 73.9 Å². The van der Waals surface area contributed by atoms with E-state index in [-0.39, 0.29) is 18.9 Å². The molecule has 0 unspecified atom stereocenters. The molecular weight excluding hydrogens is 414 g/mol. The number of amides is 1. The quantitative estimate of drug-likeness (QED) is 0.495. The molecule has 6 nitrogen and oxygen atoms in total. The van der Waals surface area contributed by atoms with Crippen LogP contribution in [0.1, 0.15) is 28.4 Å². The molecular formula is C24H25NO5S. The van der Waals surface area contributed by atoms with Crippen molar-refractivity contribution in [3.8, 4) is 22.6 Å². The number of thiophene rings is 1. The minimum Gasteiger partial charge on any atom is -0.493 e. The van der Waals surface area contributed by atoms with E-state index < -0.39 is 5.97 Å². The highest BCUT2D eigenvalue weighted by Gasteiger charge is 2.23. The van der Waals surface area contributed by atoms with Gasteiger partial charge >= 0.3 is 5.97 Å². The number of ether oxygens (including phenoxy) is 3. The average molecular weight is 440 g/mol. The van der Waals surface area contributed by atoms with Crippen molar-refractivity contribution in [3.05, 3.63) is 64.5 Å². The van der Waals surface area contributed by atoms with E-state index in [2.05, 4.69) is 5.32 Å². The maximum Gasteiger partial charge on any atom is 0.341 e. The van der Waals surface area contributed by atoms with Crippen LogP contribution in [-0.2, 0) is 16.0 Å². The third kappa shape index (κ3) is 5.24. The van der Waals surface area contributed by atoms with Gasteiger partial charge in [0.05, 0.1) is 27.2 Å². The minimum absolute atomic E-state index is 0.125. The highest BCUT2D eigenvalue weighted by atomic mass is 32.1. The third-order valence-corrected chi connectivity index (χ3v) is 5.59. The largest absolute Gasteiger partial charge is 0.493 e. The van der Waals surface area contributed by atoms with Crippen LogP contribution in [0.3, 0.4) is 0 Å². The van der Waals surface area contributed by atoms with Gasteiger partial charge in [-0.05, 0) is 37.1 Å². The molecule has 0 aliphatic rings. The molecule has 0 radical (unpaired) electrons. The van der Waals surface area contributed by atoms with Crippen LogP contribution in [0.4, 0.5) is 5.00 Å². The molecule has 1 heterocycles. The van der Waals surface area contributed by atoms with E-state index >= 15 is 0 Å². The zero-order valence-corrected chi connectivity index (χ0v) is 18.8. The number of hydrogen-bond acceptors (Lipinski definition) is 6. The molecule has 0 atom stereocenters. The first kappa shape index (κ1) is 22.4. The van der Waals surface area contributed by atoms with Gasteiger partial charge in [0.2, 0.25) is 5.91 Å². The van der Waals surface area contributed by atoms with E-state index in [9.17, 15) is 9.59 Å². The third-order valence-electron chi connectivity index (χ3n) is 4.70. The van der Waals surface area contributed by atoms with Crippen molar-refractivity contribution in [3.63, 3.8) is 0 Å². The van der Waals surface area contributed by atoms with E-state index in [0.29, 0.717) is 22.1 Å². The lowest BCUT2D eigenvalue weighted by atomic mass is 10.0. The van der Waals surface area contributed by atoms with Gasteiger partial charge in [-0.15, -0.1) is 11.3 Å². The summed E-state index contributed by atoms with van der Waals surface area (Å²) in [5, 5.41) is 5.21. The number of anilines is 1. The van der Waals surface area contributed by atoms with Gasteiger partial charge in [-0.1, -0.05) is 35.9 Å². The van der Waals surface area contributed by atoms with Crippen LogP contribution >= 0.6 is 11.3 Å².